The van der Waals surface area contributed by atoms with E-state index in [1.165, 1.54) is 23.8 Å². The highest BCUT2D eigenvalue weighted by Crippen LogP contribution is 2.31. The van der Waals surface area contributed by atoms with Crippen molar-refractivity contribution in [3.63, 3.8) is 0 Å². The molecule has 0 radical (unpaired) electrons. The van der Waals surface area contributed by atoms with Gasteiger partial charge in [-0.2, -0.15) is 0 Å². The maximum atomic E-state index is 11.0. The van der Waals surface area contributed by atoms with E-state index in [9.17, 15) is 4.79 Å². The largest absolute Gasteiger partial charge is 0.302 e. The van der Waals surface area contributed by atoms with Crippen LogP contribution in [0.15, 0.2) is 18.2 Å². The zero-order chi connectivity index (χ0) is 13.3. The number of hydrogen-bond acceptors (Lipinski definition) is 3. The smallest absolute Gasteiger partial charge is 0.223 e. The summed E-state index contributed by atoms with van der Waals surface area (Å²) in [5, 5.41) is 3.41. The number of rotatable bonds is 3. The van der Waals surface area contributed by atoms with Crippen LogP contribution in [0.3, 0.4) is 0 Å². The van der Waals surface area contributed by atoms with Crippen LogP contribution in [-0.2, 0) is 4.79 Å². The molecular weight excluding hydrogens is 244 g/mol. The molecule has 0 spiro atoms. The Balaban J connectivity index is 2.36. The first-order chi connectivity index (χ1) is 8.47. The third kappa shape index (κ3) is 2.70. The Hall–Kier alpha value is -1.42. The molecule has 1 aromatic carbocycles. The van der Waals surface area contributed by atoms with E-state index in [1.807, 2.05) is 6.07 Å². The third-order valence-corrected chi connectivity index (χ3v) is 4.15. The fraction of sp³-hybridized carbons (Fsp3) is 0.429. The van der Waals surface area contributed by atoms with Crippen molar-refractivity contribution in [3.05, 3.63) is 23.8 Å². The summed E-state index contributed by atoms with van der Waals surface area (Å²) < 4.78 is 1.13. The van der Waals surface area contributed by atoms with Crippen molar-refractivity contribution >= 4 is 32.6 Å². The molecule has 1 unspecified atom stereocenters. The number of hydrogen-bond donors (Lipinski definition) is 1. The van der Waals surface area contributed by atoms with Crippen LogP contribution < -0.4 is 5.32 Å². The lowest BCUT2D eigenvalue weighted by atomic mass is 9.90. The van der Waals surface area contributed by atoms with Crippen molar-refractivity contribution in [3.8, 4) is 0 Å². The molecule has 0 fully saturated rings. The van der Waals surface area contributed by atoms with Crippen molar-refractivity contribution < 1.29 is 4.79 Å². The van der Waals surface area contributed by atoms with Gasteiger partial charge in [0.2, 0.25) is 5.91 Å². The third-order valence-electron chi connectivity index (χ3n) is 3.22. The fourth-order valence-electron chi connectivity index (χ4n) is 1.81. The Bertz CT molecular complexity index is 574. The van der Waals surface area contributed by atoms with E-state index in [1.54, 1.807) is 0 Å². The minimum absolute atomic E-state index is 0.0789. The highest BCUT2D eigenvalue weighted by Gasteiger charge is 2.12. The highest BCUT2D eigenvalue weighted by molar-refractivity contribution is 7.22. The van der Waals surface area contributed by atoms with E-state index in [0.717, 1.165) is 10.2 Å². The Morgan fingerprint density at radius 2 is 2.06 bits per heavy atom. The molecule has 2 aromatic rings. The standard InChI is InChI=1S/C14H18N2OS/c1-8(2)9(3)11-5-6-12-13(7-11)18-14(16-12)15-10(4)17/h5-9H,1-4H3,(H,15,16,17). The summed E-state index contributed by atoms with van der Waals surface area (Å²) in [6, 6.07) is 6.35. The van der Waals surface area contributed by atoms with E-state index < -0.39 is 0 Å². The van der Waals surface area contributed by atoms with Crippen molar-refractivity contribution in [1.29, 1.82) is 0 Å². The normalized spacial score (nSPS) is 12.9. The predicted molar refractivity (Wildman–Crippen MR) is 77.2 cm³/mol. The summed E-state index contributed by atoms with van der Waals surface area (Å²) in [5.41, 5.74) is 2.28. The van der Waals surface area contributed by atoms with Gasteiger partial charge in [-0.25, -0.2) is 4.98 Å². The van der Waals surface area contributed by atoms with Crippen LogP contribution in [0.25, 0.3) is 10.2 Å². The number of amides is 1. The molecule has 18 heavy (non-hydrogen) atoms. The van der Waals surface area contributed by atoms with E-state index in [-0.39, 0.29) is 5.91 Å². The monoisotopic (exact) mass is 262 g/mol. The molecule has 1 N–H and O–H groups in total. The zero-order valence-electron chi connectivity index (χ0n) is 11.2. The van der Waals surface area contributed by atoms with Gasteiger partial charge >= 0.3 is 0 Å². The molecule has 1 amide bonds. The van der Waals surface area contributed by atoms with Gasteiger partial charge in [-0.15, -0.1) is 0 Å². The van der Waals surface area contributed by atoms with Gasteiger partial charge in [0.05, 0.1) is 10.2 Å². The average Bonchev–Trinajstić information content (AvgIpc) is 2.67. The summed E-state index contributed by atoms with van der Waals surface area (Å²) in [6.07, 6.45) is 0. The first-order valence-electron chi connectivity index (χ1n) is 6.15. The molecule has 0 saturated carbocycles. The number of nitrogens with zero attached hydrogens (tertiary/aromatic N) is 1. The molecule has 4 heteroatoms. The van der Waals surface area contributed by atoms with Crippen molar-refractivity contribution in [2.45, 2.75) is 33.6 Å². The van der Waals surface area contributed by atoms with Crippen LogP contribution >= 0.6 is 11.3 Å². The topological polar surface area (TPSA) is 42.0 Å². The number of anilines is 1. The number of thiazole rings is 1. The quantitative estimate of drug-likeness (QED) is 0.908. The second kappa shape index (κ2) is 5.06. The number of fused-ring (bicyclic) bond motifs is 1. The molecule has 96 valence electrons. The van der Waals surface area contributed by atoms with Gasteiger partial charge < -0.3 is 5.32 Å². The second-order valence-electron chi connectivity index (χ2n) is 4.96. The van der Waals surface area contributed by atoms with Gasteiger partial charge in [0.15, 0.2) is 5.13 Å². The zero-order valence-corrected chi connectivity index (χ0v) is 12.0. The number of carbonyl (C=O) groups excluding carboxylic acids is 1. The summed E-state index contributed by atoms with van der Waals surface area (Å²) in [7, 11) is 0. The molecule has 0 bridgehead atoms. The molecule has 2 rings (SSSR count). The molecule has 3 nitrogen and oxygen atoms in total. The molecule has 0 aliphatic rings. The van der Waals surface area contributed by atoms with Gasteiger partial charge in [-0.1, -0.05) is 38.2 Å². The minimum atomic E-state index is -0.0789. The first kappa shape index (κ1) is 13.0. The summed E-state index contributed by atoms with van der Waals surface area (Å²) in [6.45, 7) is 8.19. The first-order valence-corrected chi connectivity index (χ1v) is 6.97. The van der Waals surface area contributed by atoms with E-state index in [0.29, 0.717) is 17.0 Å². The second-order valence-corrected chi connectivity index (χ2v) is 5.99. The van der Waals surface area contributed by atoms with E-state index in [4.69, 9.17) is 0 Å². The Kier molecular flexibility index (Phi) is 3.66. The van der Waals surface area contributed by atoms with Gasteiger partial charge in [0.25, 0.3) is 0 Å². The molecule has 1 heterocycles. The molecular formula is C14H18N2OS. The lowest BCUT2D eigenvalue weighted by molar-refractivity contribution is -0.114. The molecule has 0 aliphatic heterocycles. The maximum absolute atomic E-state index is 11.0. The Morgan fingerprint density at radius 3 is 2.67 bits per heavy atom. The number of carbonyl (C=O) groups is 1. The Morgan fingerprint density at radius 1 is 1.33 bits per heavy atom. The lowest BCUT2D eigenvalue weighted by Crippen LogP contribution is -2.04. The number of nitrogens with one attached hydrogen (secondary N) is 1. The van der Waals surface area contributed by atoms with Crippen LogP contribution in [-0.4, -0.2) is 10.9 Å². The van der Waals surface area contributed by atoms with Crippen LogP contribution in [0.4, 0.5) is 5.13 Å². The maximum Gasteiger partial charge on any atom is 0.223 e. The number of benzene rings is 1. The van der Waals surface area contributed by atoms with Gasteiger partial charge in [-0.3, -0.25) is 4.79 Å². The lowest BCUT2D eigenvalue weighted by Gasteiger charge is -2.15. The van der Waals surface area contributed by atoms with Gasteiger partial charge in [0, 0.05) is 6.92 Å². The summed E-state index contributed by atoms with van der Waals surface area (Å²) in [4.78, 5) is 15.4. The summed E-state index contributed by atoms with van der Waals surface area (Å²) >= 11 is 1.53. The highest BCUT2D eigenvalue weighted by atomic mass is 32.1. The number of aromatic nitrogens is 1. The van der Waals surface area contributed by atoms with Crippen molar-refractivity contribution in [2.75, 3.05) is 5.32 Å². The molecule has 1 atom stereocenters. The molecule has 0 saturated heterocycles. The van der Waals surface area contributed by atoms with Crippen molar-refractivity contribution in [2.24, 2.45) is 5.92 Å². The van der Waals surface area contributed by atoms with Crippen LogP contribution in [0.5, 0.6) is 0 Å². The molecule has 0 aliphatic carbocycles. The van der Waals surface area contributed by atoms with Gasteiger partial charge in [0.1, 0.15) is 0 Å². The van der Waals surface area contributed by atoms with E-state index >= 15 is 0 Å². The van der Waals surface area contributed by atoms with E-state index in [2.05, 4.69) is 43.2 Å². The fourth-order valence-corrected chi connectivity index (χ4v) is 2.77. The minimum Gasteiger partial charge on any atom is -0.302 e. The van der Waals surface area contributed by atoms with Crippen molar-refractivity contribution in [1.82, 2.24) is 4.98 Å². The summed E-state index contributed by atoms with van der Waals surface area (Å²) in [5.74, 6) is 1.07. The predicted octanol–water partition coefficient (Wildman–Crippen LogP) is 4.01. The SMILES string of the molecule is CC(=O)Nc1nc2ccc(C(C)C(C)C)cc2s1. The Labute approximate surface area is 111 Å². The average molecular weight is 262 g/mol. The van der Waals surface area contributed by atoms with Crippen LogP contribution in [0.1, 0.15) is 39.2 Å². The van der Waals surface area contributed by atoms with Crippen LogP contribution in [0, 0.1) is 5.92 Å². The molecule has 1 aromatic heterocycles. The van der Waals surface area contributed by atoms with Crippen LogP contribution in [0.2, 0.25) is 0 Å². The van der Waals surface area contributed by atoms with Gasteiger partial charge in [-0.05, 0) is 29.5 Å².